The highest BCUT2D eigenvalue weighted by atomic mass is 79.9. The highest BCUT2D eigenvalue weighted by Crippen LogP contribution is 2.42. The standard InChI is InChI=1S/C23H22BrFN4O3S/c1-14-3-5-16(10-18(14)25)23(21-26-13-27-33-21)7-8-29(12-23)22(31)28-19-11-17(24)6-4-15(19)9-20(30)32-2/h3-6,10-11,13H,7-9,12H2,1-2H3,(H,28,31)/t23-/m0/s1. The van der Waals surface area contributed by atoms with E-state index in [1.807, 2.05) is 6.07 Å². The van der Waals surface area contributed by atoms with Gasteiger partial charge in [0, 0.05) is 23.2 Å². The van der Waals surface area contributed by atoms with Gasteiger partial charge in [-0.3, -0.25) is 4.79 Å². The number of rotatable bonds is 5. The first kappa shape index (κ1) is 23.3. The molecule has 1 atom stereocenters. The van der Waals surface area contributed by atoms with Gasteiger partial charge >= 0.3 is 12.0 Å². The number of aryl methyl sites for hydroxylation is 1. The van der Waals surface area contributed by atoms with Gasteiger partial charge in [0.1, 0.15) is 17.2 Å². The van der Waals surface area contributed by atoms with Gasteiger partial charge in [-0.1, -0.05) is 34.1 Å². The second-order valence-corrected chi connectivity index (χ2v) is 9.64. The molecule has 2 aromatic carbocycles. The van der Waals surface area contributed by atoms with Crippen LogP contribution in [0.15, 0.2) is 47.2 Å². The van der Waals surface area contributed by atoms with Crippen LogP contribution in [-0.4, -0.2) is 46.5 Å². The number of likely N-dealkylation sites (tertiary alicyclic amines) is 1. The molecule has 1 N–H and O–H groups in total. The van der Waals surface area contributed by atoms with E-state index in [-0.39, 0.29) is 18.3 Å². The van der Waals surface area contributed by atoms with Crippen molar-refractivity contribution >= 4 is 45.2 Å². The van der Waals surface area contributed by atoms with Crippen molar-refractivity contribution in [2.45, 2.75) is 25.2 Å². The van der Waals surface area contributed by atoms with Crippen LogP contribution in [-0.2, 0) is 21.4 Å². The maximum absolute atomic E-state index is 14.4. The number of halogens is 2. The quantitative estimate of drug-likeness (QED) is 0.482. The van der Waals surface area contributed by atoms with Crippen molar-refractivity contribution in [1.29, 1.82) is 0 Å². The summed E-state index contributed by atoms with van der Waals surface area (Å²) in [6.45, 7) is 2.51. The van der Waals surface area contributed by atoms with Crippen LogP contribution in [0.3, 0.4) is 0 Å². The highest BCUT2D eigenvalue weighted by molar-refractivity contribution is 9.10. The number of carbonyl (C=O) groups excluding carboxylic acids is 2. The average Bonchev–Trinajstić information content (AvgIpc) is 3.48. The van der Waals surface area contributed by atoms with E-state index in [0.29, 0.717) is 36.3 Å². The maximum atomic E-state index is 14.4. The number of esters is 1. The summed E-state index contributed by atoms with van der Waals surface area (Å²) in [5.41, 5.74) is 1.86. The third kappa shape index (κ3) is 4.77. The van der Waals surface area contributed by atoms with Crippen LogP contribution in [0.5, 0.6) is 0 Å². The maximum Gasteiger partial charge on any atom is 0.321 e. The molecule has 7 nitrogen and oxygen atoms in total. The van der Waals surface area contributed by atoms with Crippen molar-refractivity contribution in [2.75, 3.05) is 25.5 Å². The van der Waals surface area contributed by atoms with Crippen molar-refractivity contribution in [1.82, 2.24) is 14.3 Å². The zero-order valence-electron chi connectivity index (χ0n) is 18.1. The lowest BCUT2D eigenvalue weighted by atomic mass is 9.80. The second-order valence-electron chi connectivity index (χ2n) is 7.95. The lowest BCUT2D eigenvalue weighted by Crippen LogP contribution is -2.38. The first-order valence-electron chi connectivity index (χ1n) is 10.3. The van der Waals surface area contributed by atoms with Crippen LogP contribution in [0, 0.1) is 12.7 Å². The Bertz CT molecular complexity index is 1190. The number of benzene rings is 2. The van der Waals surface area contributed by atoms with Crippen molar-refractivity contribution in [3.8, 4) is 0 Å². The monoisotopic (exact) mass is 532 g/mol. The molecule has 0 saturated carbocycles. The van der Waals surface area contributed by atoms with Crippen LogP contribution in [0.4, 0.5) is 14.9 Å². The lowest BCUT2D eigenvalue weighted by molar-refractivity contribution is -0.139. The van der Waals surface area contributed by atoms with E-state index in [0.717, 1.165) is 15.0 Å². The third-order valence-electron chi connectivity index (χ3n) is 5.93. The van der Waals surface area contributed by atoms with E-state index in [9.17, 15) is 14.0 Å². The molecule has 4 rings (SSSR count). The Morgan fingerprint density at radius 1 is 1.30 bits per heavy atom. The Balaban J connectivity index is 1.60. The molecule has 0 bridgehead atoms. The minimum atomic E-state index is -0.640. The largest absolute Gasteiger partial charge is 0.469 e. The topological polar surface area (TPSA) is 84.4 Å². The molecule has 0 spiro atoms. The molecule has 10 heteroatoms. The number of urea groups is 1. The Hall–Kier alpha value is -2.85. The molecule has 0 aliphatic carbocycles. The summed E-state index contributed by atoms with van der Waals surface area (Å²) in [6.07, 6.45) is 2.11. The molecule has 0 radical (unpaired) electrons. The van der Waals surface area contributed by atoms with Gasteiger partial charge in [0.15, 0.2) is 0 Å². The number of amides is 2. The minimum Gasteiger partial charge on any atom is -0.469 e. The number of methoxy groups -OCH3 is 1. The van der Waals surface area contributed by atoms with Gasteiger partial charge in [0.2, 0.25) is 0 Å². The van der Waals surface area contributed by atoms with E-state index < -0.39 is 11.4 Å². The van der Waals surface area contributed by atoms with Crippen LogP contribution >= 0.6 is 27.5 Å². The van der Waals surface area contributed by atoms with Gasteiger partial charge in [0.25, 0.3) is 0 Å². The first-order chi connectivity index (χ1) is 15.8. The summed E-state index contributed by atoms with van der Waals surface area (Å²) in [5.74, 6) is -0.688. The van der Waals surface area contributed by atoms with E-state index in [1.165, 1.54) is 31.0 Å². The van der Waals surface area contributed by atoms with Gasteiger partial charge in [-0.2, -0.15) is 4.37 Å². The number of ether oxygens (including phenoxy) is 1. The fraction of sp³-hybridized carbons (Fsp3) is 0.304. The van der Waals surface area contributed by atoms with Crippen LogP contribution in [0.25, 0.3) is 0 Å². The summed E-state index contributed by atoms with van der Waals surface area (Å²) in [4.78, 5) is 31.1. The predicted octanol–water partition coefficient (Wildman–Crippen LogP) is 4.69. The number of hydrogen-bond donors (Lipinski definition) is 1. The molecular formula is C23H22BrFN4O3S. The first-order valence-corrected chi connectivity index (χ1v) is 11.8. The van der Waals surface area contributed by atoms with Gasteiger partial charge in [-0.25, -0.2) is 14.2 Å². The van der Waals surface area contributed by atoms with E-state index in [4.69, 9.17) is 4.74 Å². The average molecular weight is 533 g/mol. The number of aromatic nitrogens is 2. The van der Waals surface area contributed by atoms with Crippen LogP contribution in [0.1, 0.15) is 28.1 Å². The molecule has 1 fully saturated rings. The molecule has 2 amide bonds. The van der Waals surface area contributed by atoms with E-state index in [1.54, 1.807) is 36.1 Å². The van der Waals surface area contributed by atoms with Gasteiger partial charge in [-0.15, -0.1) is 0 Å². The fourth-order valence-corrected chi connectivity index (χ4v) is 5.14. The molecule has 172 valence electrons. The Morgan fingerprint density at radius 2 is 2.12 bits per heavy atom. The SMILES string of the molecule is COC(=O)Cc1ccc(Br)cc1NC(=O)N1CC[C@](c2ccc(C)c(F)c2)(c2ncns2)C1. The Kier molecular flexibility index (Phi) is 6.76. The van der Waals surface area contributed by atoms with Crippen molar-refractivity contribution < 1.29 is 18.7 Å². The highest BCUT2D eigenvalue weighted by Gasteiger charge is 2.45. The van der Waals surface area contributed by atoms with Gasteiger partial charge < -0.3 is 15.0 Å². The van der Waals surface area contributed by atoms with Crippen molar-refractivity contribution in [3.63, 3.8) is 0 Å². The van der Waals surface area contributed by atoms with Crippen LogP contribution < -0.4 is 5.32 Å². The number of hydrogen-bond acceptors (Lipinski definition) is 6. The molecular weight excluding hydrogens is 511 g/mol. The molecule has 3 aromatic rings. The lowest BCUT2D eigenvalue weighted by Gasteiger charge is -2.28. The molecule has 2 heterocycles. The zero-order chi connectivity index (χ0) is 23.6. The zero-order valence-corrected chi connectivity index (χ0v) is 20.5. The van der Waals surface area contributed by atoms with Crippen molar-refractivity contribution in [3.05, 3.63) is 74.7 Å². The molecule has 1 aromatic heterocycles. The Labute approximate surface area is 203 Å². The summed E-state index contributed by atoms with van der Waals surface area (Å²) < 4.78 is 24.1. The van der Waals surface area contributed by atoms with Gasteiger partial charge in [-0.05, 0) is 59.8 Å². The molecule has 33 heavy (non-hydrogen) atoms. The Morgan fingerprint density at radius 3 is 2.82 bits per heavy atom. The van der Waals surface area contributed by atoms with Crippen LogP contribution in [0.2, 0.25) is 0 Å². The summed E-state index contributed by atoms with van der Waals surface area (Å²) in [5, 5.41) is 3.67. The summed E-state index contributed by atoms with van der Waals surface area (Å²) in [6, 6.07) is 10.2. The van der Waals surface area contributed by atoms with E-state index >= 15 is 0 Å². The molecule has 1 saturated heterocycles. The number of nitrogens with zero attached hydrogens (tertiary/aromatic N) is 3. The van der Waals surface area contributed by atoms with Crippen molar-refractivity contribution in [2.24, 2.45) is 0 Å². The predicted molar refractivity (Wildman–Crippen MR) is 127 cm³/mol. The normalized spacial score (nSPS) is 17.8. The number of nitrogens with one attached hydrogen (secondary N) is 1. The molecule has 0 unspecified atom stereocenters. The molecule has 1 aliphatic heterocycles. The fourth-order valence-electron chi connectivity index (χ4n) is 4.03. The smallest absolute Gasteiger partial charge is 0.321 e. The van der Waals surface area contributed by atoms with Gasteiger partial charge in [0.05, 0.1) is 18.9 Å². The molecule has 1 aliphatic rings. The number of carbonyl (C=O) groups is 2. The minimum absolute atomic E-state index is 0.0385. The second kappa shape index (κ2) is 9.56. The number of anilines is 1. The summed E-state index contributed by atoms with van der Waals surface area (Å²) >= 11 is 4.67. The van der Waals surface area contributed by atoms with E-state index in [2.05, 4.69) is 30.6 Å². The third-order valence-corrected chi connectivity index (χ3v) is 7.29. The summed E-state index contributed by atoms with van der Waals surface area (Å²) in [7, 11) is 1.32.